The van der Waals surface area contributed by atoms with E-state index in [0.29, 0.717) is 25.7 Å². The molecule has 2 aliphatic heterocycles. The van der Waals surface area contributed by atoms with Crippen LogP contribution in [0.25, 0.3) is 10.4 Å². The smallest absolute Gasteiger partial charge is 0.243 e. The summed E-state index contributed by atoms with van der Waals surface area (Å²) in [5.74, 6) is -2.81. The Morgan fingerprint density at radius 3 is 2.43 bits per heavy atom. The van der Waals surface area contributed by atoms with Crippen molar-refractivity contribution >= 4 is 89.3 Å². The molecule has 2 rings (SSSR count). The van der Waals surface area contributed by atoms with Gasteiger partial charge in [0.15, 0.2) is 11.7 Å². The van der Waals surface area contributed by atoms with E-state index in [1.807, 2.05) is 0 Å². The summed E-state index contributed by atoms with van der Waals surface area (Å²) < 4.78 is 0. The highest BCUT2D eigenvalue weighted by molar-refractivity contribution is 8.42. The van der Waals surface area contributed by atoms with Crippen molar-refractivity contribution in [2.45, 2.75) is 82.6 Å². The van der Waals surface area contributed by atoms with Crippen molar-refractivity contribution in [2.24, 2.45) is 21.8 Å². The van der Waals surface area contributed by atoms with Crippen molar-refractivity contribution < 1.29 is 28.8 Å². The topological polar surface area (TPSA) is 253 Å². The van der Waals surface area contributed by atoms with Gasteiger partial charge in [0.25, 0.3) is 0 Å². The number of guanidine groups is 1. The van der Waals surface area contributed by atoms with Crippen LogP contribution < -0.4 is 31.9 Å². The first kappa shape index (κ1) is 41.9. The normalized spacial score (nSPS) is 22.0. The van der Waals surface area contributed by atoms with Crippen LogP contribution in [0.5, 0.6) is 0 Å². The number of rotatable bonds is 17. The predicted molar refractivity (Wildman–Crippen MR) is 191 cm³/mol. The number of carbonyl (C=O) groups excluding carboxylic acids is 6. The van der Waals surface area contributed by atoms with Gasteiger partial charge in [-0.1, -0.05) is 23.0 Å². The number of carbonyl (C=O) groups is 6. The van der Waals surface area contributed by atoms with Crippen LogP contribution in [0.2, 0.25) is 0 Å². The number of fused-ring (bicyclic) bond motifs is 1. The van der Waals surface area contributed by atoms with Gasteiger partial charge in [0.05, 0.1) is 18.6 Å². The van der Waals surface area contributed by atoms with Crippen molar-refractivity contribution in [2.75, 3.05) is 19.6 Å². The lowest BCUT2D eigenvalue weighted by Gasteiger charge is -2.42. The minimum Gasteiger partial charge on any atom is -0.370 e. The zero-order chi connectivity index (χ0) is 33.7. The maximum absolute atomic E-state index is 13.7. The van der Waals surface area contributed by atoms with Crippen molar-refractivity contribution in [3.05, 3.63) is 10.4 Å². The Labute approximate surface area is 283 Å². The van der Waals surface area contributed by atoms with E-state index in [4.69, 9.17) is 11.3 Å². The van der Waals surface area contributed by atoms with E-state index < -0.39 is 61.7 Å². The number of nitrogens with zero attached hydrogens (tertiary/aromatic N) is 5. The van der Waals surface area contributed by atoms with Gasteiger partial charge in [-0.25, -0.2) is 0 Å². The van der Waals surface area contributed by atoms with Gasteiger partial charge in [-0.15, -0.1) is 0 Å². The second kappa shape index (κ2) is 20.9. The van der Waals surface area contributed by atoms with Crippen LogP contribution >= 0.6 is 48.2 Å². The van der Waals surface area contributed by atoms with Gasteiger partial charge in [-0.3, -0.25) is 38.8 Å². The molecule has 0 aromatic carbocycles. The van der Waals surface area contributed by atoms with Gasteiger partial charge < -0.3 is 31.7 Å². The van der Waals surface area contributed by atoms with Crippen LogP contribution in [0.3, 0.4) is 0 Å². The number of amides is 4. The summed E-state index contributed by atoms with van der Waals surface area (Å²) in [4.78, 5) is 84.7. The largest absolute Gasteiger partial charge is 0.370 e. The molecule has 0 bridgehead atoms. The molecule has 0 aromatic heterocycles. The molecule has 0 aromatic rings. The summed E-state index contributed by atoms with van der Waals surface area (Å²) >= 11 is 0. The van der Waals surface area contributed by atoms with Crippen LogP contribution in [0.15, 0.2) is 10.1 Å². The first-order valence-electron chi connectivity index (χ1n) is 14.3. The molecule has 4 amide bonds. The lowest BCUT2D eigenvalue weighted by molar-refractivity contribution is -0.146. The number of piperidine rings is 1. The molecule has 9 atom stereocenters. The van der Waals surface area contributed by atoms with Crippen molar-refractivity contribution in [1.82, 2.24) is 31.0 Å². The second-order valence-electron chi connectivity index (χ2n) is 10.9. The van der Waals surface area contributed by atoms with Crippen molar-refractivity contribution in [3.63, 3.8) is 0 Å². The Morgan fingerprint density at radius 1 is 1.15 bits per heavy atom. The third-order valence-electron chi connectivity index (χ3n) is 7.49. The van der Waals surface area contributed by atoms with Crippen LogP contribution in [0, 0.1) is 5.92 Å². The number of azide groups is 1. The minimum atomic E-state index is -1.07. The molecular weight excluding hydrogens is 694 g/mol. The average Bonchev–Trinajstić information content (AvgIpc) is 3.41. The van der Waals surface area contributed by atoms with E-state index in [0.717, 1.165) is 0 Å². The van der Waals surface area contributed by atoms with Crippen LogP contribution in [-0.4, -0.2) is 95.9 Å². The molecule has 4 unspecified atom stereocenters. The quantitative estimate of drug-likeness (QED) is 0.0220. The Hall–Kier alpha value is -2.17. The fraction of sp³-hybridized carbons (Fsp3) is 0.708. The zero-order valence-electron chi connectivity index (χ0n) is 25.8. The van der Waals surface area contributed by atoms with E-state index >= 15 is 0 Å². The highest BCUT2D eigenvalue weighted by atomic mass is 32.4. The molecule has 7 N–H and O–H groups in total. The number of aliphatic imine (C=N–C) groups is 1. The number of nitrogens with two attached hydrogens (primary N) is 1. The molecule has 2 aliphatic rings. The number of nitrogens with one attached hydrogen (secondary N) is 5. The SMILES string of the molecule is CC(=O)C[C@H](NC(=O)CNC(=O)[C@H](CCCN=C(N)NP)NC(=O)C1CC[C@H]2C[C@@H](CN=[N+]=[N-])[C@@H](NP(P)P)C(=O)N12)C(C)=O.S. The van der Waals surface area contributed by atoms with Gasteiger partial charge in [-0.05, 0) is 74.2 Å². The first-order valence-corrected chi connectivity index (χ1v) is 19.5. The number of hydrogen-bond donors (Lipinski definition) is 6. The Balaban J connectivity index is 0.0000106. The minimum absolute atomic E-state index is 0. The molecule has 2 fully saturated rings. The summed E-state index contributed by atoms with van der Waals surface area (Å²) in [5.41, 5.74) is 14.5. The van der Waals surface area contributed by atoms with Crippen molar-refractivity contribution in [1.29, 1.82) is 0 Å². The summed E-state index contributed by atoms with van der Waals surface area (Å²) in [5, 5.41) is 17.2. The first-order chi connectivity index (χ1) is 21.3. The molecule has 22 heteroatoms. The van der Waals surface area contributed by atoms with E-state index in [-0.39, 0.29) is 69.0 Å². The molecule has 0 saturated carbocycles. The van der Waals surface area contributed by atoms with E-state index in [1.54, 1.807) is 4.90 Å². The molecule has 2 heterocycles. The standard InChI is InChI=1S/C24H43N11O6P4.H2S/c1-12(36)8-17(13(2)37)30-19(38)11-28-21(39)16(4-3-7-27-24(25)32-42)31-22(40)18-6-5-15-9-14(10-29-34-26)20(33-45(43)44)23(41)35(15)18;/h14-18,20,33H,3-11,42-44H2,1-2H3,(H,28,39)(H,30,38)(H,31,40)(H3,25,27,32);1H2/t14-,15-,16-,17-,18?,20+;/m0./s1. The number of ketones is 2. The maximum atomic E-state index is 13.7. The van der Waals surface area contributed by atoms with Gasteiger partial charge >= 0.3 is 0 Å². The summed E-state index contributed by atoms with van der Waals surface area (Å²) in [7, 11) is 6.56. The molecule has 17 nitrogen and oxygen atoms in total. The second-order valence-corrected chi connectivity index (χ2v) is 17.4. The van der Waals surface area contributed by atoms with Crippen LogP contribution in [-0.2, 0) is 28.8 Å². The highest BCUT2D eigenvalue weighted by Gasteiger charge is 2.49. The van der Waals surface area contributed by atoms with Crippen LogP contribution in [0.1, 0.15) is 52.4 Å². The summed E-state index contributed by atoms with van der Waals surface area (Å²) in [6.07, 6.45) is 1.86. The van der Waals surface area contributed by atoms with E-state index in [2.05, 4.69) is 68.4 Å². The molecule has 2 saturated heterocycles. The van der Waals surface area contributed by atoms with Gasteiger partial charge in [0.1, 0.15) is 17.9 Å². The summed E-state index contributed by atoms with van der Waals surface area (Å²) in [6, 6.07) is -3.75. The average molecular weight is 740 g/mol. The molecule has 258 valence electrons. The highest BCUT2D eigenvalue weighted by Crippen LogP contribution is 2.50. The predicted octanol–water partition coefficient (Wildman–Crippen LogP) is -0.147. The van der Waals surface area contributed by atoms with Gasteiger partial charge in [0.2, 0.25) is 23.6 Å². The monoisotopic (exact) mass is 739 g/mol. The van der Waals surface area contributed by atoms with Crippen LogP contribution in [0.4, 0.5) is 0 Å². The lowest BCUT2D eigenvalue weighted by Crippen LogP contribution is -2.61. The zero-order valence-corrected chi connectivity index (χ0v) is 31.1. The molecule has 0 spiro atoms. The molecular formula is C24H45N11O6P4S. The van der Waals surface area contributed by atoms with Gasteiger partial charge in [-0.2, -0.15) is 13.5 Å². The Bertz CT molecular complexity index is 1210. The van der Waals surface area contributed by atoms with Gasteiger partial charge in [0, 0.05) is 30.5 Å². The Kier molecular flexibility index (Phi) is 19.0. The molecule has 0 aliphatic carbocycles. The fourth-order valence-corrected chi connectivity index (χ4v) is 7.09. The third-order valence-corrected chi connectivity index (χ3v) is 9.26. The fourth-order valence-electron chi connectivity index (χ4n) is 5.39. The Morgan fingerprint density at radius 2 is 1.85 bits per heavy atom. The number of Topliss-reactive ketones (excluding diaryl/α,β-unsaturated/α-hetero) is 2. The lowest BCUT2D eigenvalue weighted by atomic mass is 9.87. The molecule has 0 radical (unpaired) electrons. The van der Waals surface area contributed by atoms with E-state index in [1.165, 1.54) is 13.8 Å². The molecule has 46 heavy (non-hydrogen) atoms. The maximum Gasteiger partial charge on any atom is 0.243 e. The summed E-state index contributed by atoms with van der Waals surface area (Å²) in [6.45, 7) is 2.47. The van der Waals surface area contributed by atoms with Crippen molar-refractivity contribution in [3.8, 4) is 0 Å². The number of hydrogen-bond acceptors (Lipinski definition) is 9. The third kappa shape index (κ3) is 13.1. The van der Waals surface area contributed by atoms with E-state index in [9.17, 15) is 28.8 Å².